The first kappa shape index (κ1) is 14.5. The molecule has 0 aliphatic carbocycles. The van der Waals surface area contributed by atoms with Gasteiger partial charge in [-0.25, -0.2) is 8.78 Å². The summed E-state index contributed by atoms with van der Waals surface area (Å²) < 4.78 is 38.1. The number of hydrogen-bond donors (Lipinski definition) is 1. The highest BCUT2D eigenvalue weighted by atomic mass is 19.1. The Labute approximate surface area is 116 Å². The van der Waals surface area contributed by atoms with Crippen LogP contribution in [0.25, 0.3) is 11.3 Å². The fraction of sp³-hybridized carbons (Fsp3) is 0.333. The summed E-state index contributed by atoms with van der Waals surface area (Å²) in [7, 11) is 1.36. The van der Waals surface area contributed by atoms with Gasteiger partial charge in [-0.05, 0) is 12.1 Å². The number of ether oxygens (including phenoxy) is 1. The third kappa shape index (κ3) is 3.17. The molecule has 0 spiro atoms. The monoisotopic (exact) mass is 281 g/mol. The van der Waals surface area contributed by atoms with E-state index in [4.69, 9.17) is 9.15 Å². The molecule has 5 heteroatoms. The van der Waals surface area contributed by atoms with Gasteiger partial charge in [-0.3, -0.25) is 0 Å². The third-order valence-electron chi connectivity index (χ3n) is 2.84. The Kier molecular flexibility index (Phi) is 4.39. The molecule has 2 aromatic rings. The van der Waals surface area contributed by atoms with Gasteiger partial charge in [0.2, 0.25) is 0 Å². The van der Waals surface area contributed by atoms with Gasteiger partial charge in [-0.1, -0.05) is 13.8 Å². The van der Waals surface area contributed by atoms with E-state index >= 15 is 0 Å². The van der Waals surface area contributed by atoms with Gasteiger partial charge in [0.25, 0.3) is 0 Å². The first-order valence-corrected chi connectivity index (χ1v) is 6.36. The van der Waals surface area contributed by atoms with Crippen molar-refractivity contribution in [3.05, 3.63) is 41.7 Å². The predicted octanol–water partition coefficient (Wildman–Crippen LogP) is 3.73. The molecule has 1 aromatic heterocycles. The maximum Gasteiger partial charge on any atom is 0.140 e. The van der Waals surface area contributed by atoms with Gasteiger partial charge < -0.3 is 14.5 Å². The van der Waals surface area contributed by atoms with Crippen LogP contribution in [0.5, 0.6) is 5.75 Å². The summed E-state index contributed by atoms with van der Waals surface area (Å²) in [5.74, 6) is -0.484. The Morgan fingerprint density at radius 1 is 1.20 bits per heavy atom. The van der Waals surface area contributed by atoms with Gasteiger partial charge >= 0.3 is 0 Å². The molecule has 0 fully saturated rings. The lowest BCUT2D eigenvalue weighted by molar-refractivity contribution is 0.406. The average molecular weight is 281 g/mol. The number of rotatable bonds is 5. The number of benzene rings is 1. The van der Waals surface area contributed by atoms with E-state index in [-0.39, 0.29) is 17.1 Å². The van der Waals surface area contributed by atoms with Gasteiger partial charge in [-0.2, -0.15) is 0 Å². The summed E-state index contributed by atoms with van der Waals surface area (Å²) in [4.78, 5) is 0. The zero-order valence-corrected chi connectivity index (χ0v) is 11.7. The van der Waals surface area contributed by atoms with E-state index in [0.29, 0.717) is 18.3 Å². The van der Waals surface area contributed by atoms with Crippen LogP contribution in [0.15, 0.2) is 28.7 Å². The van der Waals surface area contributed by atoms with Crippen molar-refractivity contribution in [1.29, 1.82) is 0 Å². The van der Waals surface area contributed by atoms with Crippen molar-refractivity contribution in [3.63, 3.8) is 0 Å². The van der Waals surface area contributed by atoms with E-state index in [1.54, 1.807) is 12.1 Å². The van der Waals surface area contributed by atoms with E-state index < -0.39 is 11.6 Å². The summed E-state index contributed by atoms with van der Waals surface area (Å²) in [5, 5.41) is 3.17. The molecule has 0 atom stereocenters. The molecular weight excluding hydrogens is 264 g/mol. The molecular formula is C15H17F2NO2. The SMILES string of the molecule is COc1cc(F)c(-c2ccc(CNC(C)C)o2)c(F)c1. The van der Waals surface area contributed by atoms with Gasteiger partial charge in [0.05, 0.1) is 19.2 Å². The topological polar surface area (TPSA) is 34.4 Å². The summed E-state index contributed by atoms with van der Waals surface area (Å²) >= 11 is 0. The lowest BCUT2D eigenvalue weighted by Gasteiger charge is -2.06. The van der Waals surface area contributed by atoms with Crippen LogP contribution in [0.1, 0.15) is 19.6 Å². The number of nitrogens with one attached hydrogen (secondary N) is 1. The van der Waals surface area contributed by atoms with Crippen molar-refractivity contribution in [3.8, 4) is 17.1 Å². The van der Waals surface area contributed by atoms with Crippen LogP contribution >= 0.6 is 0 Å². The molecule has 0 amide bonds. The highest BCUT2D eigenvalue weighted by molar-refractivity contribution is 5.60. The Hall–Kier alpha value is -1.88. The highest BCUT2D eigenvalue weighted by Gasteiger charge is 2.17. The summed E-state index contributed by atoms with van der Waals surface area (Å²) in [6, 6.07) is 5.83. The second kappa shape index (κ2) is 6.05. The number of furan rings is 1. The van der Waals surface area contributed by atoms with Crippen molar-refractivity contribution in [2.75, 3.05) is 7.11 Å². The van der Waals surface area contributed by atoms with Gasteiger partial charge in [0.15, 0.2) is 0 Å². The van der Waals surface area contributed by atoms with Gasteiger partial charge in [0, 0.05) is 18.2 Å². The largest absolute Gasteiger partial charge is 0.497 e. The lowest BCUT2D eigenvalue weighted by atomic mass is 10.1. The quantitative estimate of drug-likeness (QED) is 0.906. The summed E-state index contributed by atoms with van der Waals surface area (Å²) in [5.41, 5.74) is -0.179. The smallest absolute Gasteiger partial charge is 0.140 e. The van der Waals surface area contributed by atoms with Crippen LogP contribution in [-0.4, -0.2) is 13.2 Å². The van der Waals surface area contributed by atoms with E-state index in [1.165, 1.54) is 7.11 Å². The molecule has 1 aromatic carbocycles. The first-order chi connectivity index (χ1) is 9.51. The van der Waals surface area contributed by atoms with Crippen LogP contribution in [0.3, 0.4) is 0 Å². The molecule has 1 heterocycles. The number of methoxy groups -OCH3 is 1. The Morgan fingerprint density at radius 2 is 1.85 bits per heavy atom. The predicted molar refractivity (Wildman–Crippen MR) is 72.6 cm³/mol. The fourth-order valence-electron chi connectivity index (χ4n) is 1.82. The van der Waals surface area contributed by atoms with Crippen molar-refractivity contribution in [1.82, 2.24) is 5.32 Å². The third-order valence-corrected chi connectivity index (χ3v) is 2.84. The van der Waals surface area contributed by atoms with E-state index in [2.05, 4.69) is 5.32 Å². The normalized spacial score (nSPS) is 11.1. The minimum absolute atomic E-state index is 0.136. The summed E-state index contributed by atoms with van der Waals surface area (Å²) in [6.07, 6.45) is 0. The summed E-state index contributed by atoms with van der Waals surface area (Å²) in [6.45, 7) is 4.52. The van der Waals surface area contributed by atoms with Crippen LogP contribution in [-0.2, 0) is 6.54 Å². The molecule has 108 valence electrons. The van der Waals surface area contributed by atoms with Crippen LogP contribution in [0, 0.1) is 11.6 Å². The van der Waals surface area contributed by atoms with Gasteiger partial charge in [0.1, 0.15) is 28.9 Å². The molecule has 0 saturated heterocycles. The average Bonchev–Trinajstić information content (AvgIpc) is 2.84. The maximum atomic E-state index is 13.9. The van der Waals surface area contributed by atoms with E-state index in [9.17, 15) is 8.78 Å². The Morgan fingerprint density at radius 3 is 2.40 bits per heavy atom. The molecule has 0 saturated carbocycles. The fourth-order valence-corrected chi connectivity index (χ4v) is 1.82. The molecule has 0 bridgehead atoms. The zero-order chi connectivity index (χ0) is 14.7. The second-order valence-corrected chi connectivity index (χ2v) is 4.77. The second-order valence-electron chi connectivity index (χ2n) is 4.77. The number of halogens is 2. The first-order valence-electron chi connectivity index (χ1n) is 6.36. The standard InChI is InChI=1S/C15H17F2NO2/c1-9(2)18-8-10-4-5-14(20-10)15-12(16)6-11(19-3)7-13(15)17/h4-7,9,18H,8H2,1-3H3. The molecule has 0 radical (unpaired) electrons. The van der Waals surface area contributed by atoms with E-state index in [0.717, 1.165) is 12.1 Å². The maximum absolute atomic E-state index is 13.9. The molecule has 1 N–H and O–H groups in total. The van der Waals surface area contributed by atoms with Crippen LogP contribution in [0.2, 0.25) is 0 Å². The van der Waals surface area contributed by atoms with Crippen molar-refractivity contribution in [2.45, 2.75) is 26.4 Å². The molecule has 2 rings (SSSR count). The van der Waals surface area contributed by atoms with Crippen LogP contribution < -0.4 is 10.1 Å². The van der Waals surface area contributed by atoms with Crippen molar-refractivity contribution in [2.24, 2.45) is 0 Å². The highest BCUT2D eigenvalue weighted by Crippen LogP contribution is 2.30. The minimum atomic E-state index is -0.709. The minimum Gasteiger partial charge on any atom is -0.497 e. The molecule has 20 heavy (non-hydrogen) atoms. The Bertz CT molecular complexity index is 570. The molecule has 3 nitrogen and oxygen atoms in total. The molecule has 0 aliphatic rings. The van der Waals surface area contributed by atoms with E-state index in [1.807, 2.05) is 13.8 Å². The Balaban J connectivity index is 2.28. The van der Waals surface area contributed by atoms with Crippen molar-refractivity contribution < 1.29 is 17.9 Å². The number of hydrogen-bond acceptors (Lipinski definition) is 3. The van der Waals surface area contributed by atoms with Gasteiger partial charge in [-0.15, -0.1) is 0 Å². The van der Waals surface area contributed by atoms with Crippen molar-refractivity contribution >= 4 is 0 Å². The lowest BCUT2D eigenvalue weighted by Crippen LogP contribution is -2.21. The molecule has 0 unspecified atom stereocenters. The zero-order valence-electron chi connectivity index (χ0n) is 11.7. The van der Waals surface area contributed by atoms with Crippen LogP contribution in [0.4, 0.5) is 8.78 Å². The molecule has 0 aliphatic heterocycles.